The second-order valence-electron chi connectivity index (χ2n) is 6.62. The first-order valence-corrected chi connectivity index (χ1v) is 7.63. The molecule has 0 aromatic heterocycles. The highest BCUT2D eigenvalue weighted by Gasteiger charge is 2.18. The van der Waals surface area contributed by atoms with Crippen molar-refractivity contribution in [1.82, 2.24) is 5.32 Å². The van der Waals surface area contributed by atoms with Gasteiger partial charge in [-0.15, -0.1) is 0 Å². The third-order valence-electron chi connectivity index (χ3n) is 2.89. The van der Waals surface area contributed by atoms with Crippen LogP contribution in [0.15, 0.2) is 18.2 Å². The molecule has 1 rings (SSSR count). The van der Waals surface area contributed by atoms with Crippen molar-refractivity contribution in [1.29, 1.82) is 0 Å². The van der Waals surface area contributed by atoms with Gasteiger partial charge in [0.25, 0.3) is 11.8 Å². The fourth-order valence-electron chi connectivity index (χ4n) is 1.95. The quantitative estimate of drug-likeness (QED) is 0.756. The van der Waals surface area contributed by atoms with Crippen LogP contribution in [0.5, 0.6) is 0 Å². The third-order valence-corrected chi connectivity index (χ3v) is 3.30. The minimum absolute atomic E-state index is 0.0730. The van der Waals surface area contributed by atoms with Crippen LogP contribution in [0.4, 0.5) is 5.69 Å². The van der Waals surface area contributed by atoms with Gasteiger partial charge in [0.05, 0.1) is 7.05 Å². The highest BCUT2D eigenvalue weighted by molar-refractivity contribution is 6.31. The number of benzene rings is 1. The van der Waals surface area contributed by atoms with Crippen molar-refractivity contribution in [2.75, 3.05) is 25.5 Å². The Labute approximate surface area is 137 Å². The highest BCUT2D eigenvalue weighted by atomic mass is 35.5. The van der Waals surface area contributed by atoms with Gasteiger partial charge >= 0.3 is 0 Å². The number of rotatable bonds is 5. The molecular formula is C16H25ClN3O2+. The number of halogens is 1. The molecule has 0 aliphatic carbocycles. The highest BCUT2D eigenvalue weighted by Crippen LogP contribution is 2.19. The van der Waals surface area contributed by atoms with Crippen molar-refractivity contribution in [3.05, 3.63) is 28.8 Å². The van der Waals surface area contributed by atoms with Gasteiger partial charge in [0.2, 0.25) is 0 Å². The van der Waals surface area contributed by atoms with Gasteiger partial charge in [-0.1, -0.05) is 17.7 Å². The molecule has 3 N–H and O–H groups in total. The number of likely N-dealkylation sites (N-methyl/N-ethyl adjacent to an activating group) is 1. The summed E-state index contributed by atoms with van der Waals surface area (Å²) in [6, 6.07) is 5.38. The summed E-state index contributed by atoms with van der Waals surface area (Å²) in [6.45, 7) is 8.14. The molecule has 1 unspecified atom stereocenters. The molecule has 0 aliphatic rings. The fraction of sp³-hybridized carbons (Fsp3) is 0.500. The average Bonchev–Trinajstić information content (AvgIpc) is 2.30. The lowest BCUT2D eigenvalue weighted by Gasteiger charge is -2.21. The lowest BCUT2D eigenvalue weighted by molar-refractivity contribution is -0.862. The Morgan fingerprint density at radius 3 is 2.32 bits per heavy atom. The van der Waals surface area contributed by atoms with E-state index < -0.39 is 0 Å². The lowest BCUT2D eigenvalue weighted by atomic mass is 10.1. The Bertz CT molecular complexity index is 553. The van der Waals surface area contributed by atoms with E-state index in [1.165, 1.54) is 0 Å². The molecule has 22 heavy (non-hydrogen) atoms. The van der Waals surface area contributed by atoms with E-state index in [4.69, 9.17) is 11.6 Å². The van der Waals surface area contributed by atoms with Gasteiger partial charge in [0.15, 0.2) is 13.1 Å². The topological polar surface area (TPSA) is 62.6 Å². The normalized spacial score (nSPS) is 12.6. The van der Waals surface area contributed by atoms with E-state index >= 15 is 0 Å². The second-order valence-corrected chi connectivity index (χ2v) is 7.03. The molecule has 5 nitrogen and oxygen atoms in total. The van der Waals surface area contributed by atoms with Crippen molar-refractivity contribution < 1.29 is 14.5 Å². The molecule has 0 fully saturated rings. The Hall–Kier alpha value is -1.59. The van der Waals surface area contributed by atoms with E-state index in [2.05, 4.69) is 10.6 Å². The van der Waals surface area contributed by atoms with Gasteiger partial charge in [-0.2, -0.15) is 0 Å². The number of quaternary nitrogens is 1. The van der Waals surface area contributed by atoms with E-state index in [0.717, 1.165) is 10.5 Å². The summed E-state index contributed by atoms with van der Waals surface area (Å²) in [5, 5.41) is 6.28. The minimum atomic E-state index is -0.266. The predicted octanol–water partition coefficient (Wildman–Crippen LogP) is 1.02. The molecule has 0 bridgehead atoms. The first-order valence-electron chi connectivity index (χ1n) is 7.25. The van der Waals surface area contributed by atoms with Crippen LogP contribution in [-0.4, -0.2) is 37.5 Å². The first-order chi connectivity index (χ1) is 10.1. The monoisotopic (exact) mass is 326 g/mol. The molecule has 1 aromatic rings. The summed E-state index contributed by atoms with van der Waals surface area (Å²) >= 11 is 6.02. The van der Waals surface area contributed by atoms with Crippen LogP contribution in [0, 0.1) is 6.92 Å². The van der Waals surface area contributed by atoms with Crippen LogP contribution >= 0.6 is 11.6 Å². The maximum Gasteiger partial charge on any atom is 0.279 e. The average molecular weight is 327 g/mol. The van der Waals surface area contributed by atoms with E-state index in [1.807, 2.05) is 40.8 Å². The van der Waals surface area contributed by atoms with E-state index in [-0.39, 0.29) is 30.4 Å². The summed E-state index contributed by atoms with van der Waals surface area (Å²) in [7, 11) is 1.81. The number of nitrogens with one attached hydrogen (secondary N) is 3. The Kier molecular flexibility index (Phi) is 6.38. The van der Waals surface area contributed by atoms with Gasteiger partial charge in [-0.3, -0.25) is 9.59 Å². The summed E-state index contributed by atoms with van der Waals surface area (Å²) in [6.07, 6.45) is 0. The molecule has 0 saturated carbocycles. The van der Waals surface area contributed by atoms with Gasteiger partial charge in [-0.25, -0.2) is 0 Å². The number of carbonyl (C=O) groups is 2. The van der Waals surface area contributed by atoms with Crippen LogP contribution in [0.25, 0.3) is 0 Å². The molecule has 0 saturated heterocycles. The van der Waals surface area contributed by atoms with Gasteiger partial charge < -0.3 is 15.5 Å². The Balaban J connectivity index is 2.47. The Morgan fingerprint density at radius 1 is 1.18 bits per heavy atom. The standard InChI is InChI=1S/C16H24ClN3O2/c1-11-6-7-12(8-13(11)17)18-14(21)9-20(5)10-15(22)19-16(2,3)4/h6-8H,9-10H2,1-5H3,(H,18,21)(H,19,22)/p+1. The van der Waals surface area contributed by atoms with Gasteiger partial charge in [0, 0.05) is 16.2 Å². The molecule has 0 radical (unpaired) electrons. The number of aryl methyl sites for hydroxylation is 1. The van der Waals surface area contributed by atoms with Crippen molar-refractivity contribution in [3.8, 4) is 0 Å². The third kappa shape index (κ3) is 6.91. The van der Waals surface area contributed by atoms with Crippen LogP contribution in [0.3, 0.4) is 0 Å². The zero-order valence-corrected chi connectivity index (χ0v) is 14.6. The molecular weight excluding hydrogens is 302 g/mol. The molecule has 1 aromatic carbocycles. The van der Waals surface area contributed by atoms with Crippen LogP contribution in [0.2, 0.25) is 5.02 Å². The van der Waals surface area contributed by atoms with Gasteiger partial charge in [-0.05, 0) is 45.4 Å². The van der Waals surface area contributed by atoms with E-state index in [0.29, 0.717) is 10.7 Å². The molecule has 122 valence electrons. The number of anilines is 1. The van der Waals surface area contributed by atoms with E-state index in [9.17, 15) is 9.59 Å². The number of carbonyl (C=O) groups excluding carboxylic acids is 2. The molecule has 0 aliphatic heterocycles. The summed E-state index contributed by atoms with van der Waals surface area (Å²) in [5.74, 6) is -0.225. The minimum Gasteiger partial charge on any atom is -0.347 e. The number of amides is 2. The predicted molar refractivity (Wildman–Crippen MR) is 89.3 cm³/mol. The zero-order valence-electron chi connectivity index (χ0n) is 13.8. The summed E-state index contributed by atoms with van der Waals surface area (Å²) in [4.78, 5) is 24.6. The van der Waals surface area contributed by atoms with Crippen molar-refractivity contribution in [2.45, 2.75) is 33.2 Å². The zero-order chi connectivity index (χ0) is 16.9. The molecule has 1 atom stereocenters. The first kappa shape index (κ1) is 18.5. The van der Waals surface area contributed by atoms with Gasteiger partial charge in [0.1, 0.15) is 0 Å². The number of hydrogen-bond acceptors (Lipinski definition) is 2. The summed E-state index contributed by atoms with van der Waals surface area (Å²) in [5.41, 5.74) is 1.35. The second kappa shape index (κ2) is 7.61. The molecule has 2 amide bonds. The van der Waals surface area contributed by atoms with E-state index in [1.54, 1.807) is 12.1 Å². The fourth-order valence-corrected chi connectivity index (χ4v) is 2.13. The van der Waals surface area contributed by atoms with Crippen LogP contribution < -0.4 is 15.5 Å². The molecule has 6 heteroatoms. The molecule has 0 spiro atoms. The number of hydrogen-bond donors (Lipinski definition) is 3. The van der Waals surface area contributed by atoms with Crippen molar-refractivity contribution in [3.63, 3.8) is 0 Å². The SMILES string of the molecule is Cc1ccc(NC(=O)C[NH+](C)CC(=O)NC(C)(C)C)cc1Cl. The maximum absolute atomic E-state index is 12.0. The smallest absolute Gasteiger partial charge is 0.279 e. The Morgan fingerprint density at radius 2 is 1.77 bits per heavy atom. The summed E-state index contributed by atoms with van der Waals surface area (Å²) < 4.78 is 0. The van der Waals surface area contributed by atoms with Crippen molar-refractivity contribution >= 4 is 29.1 Å². The largest absolute Gasteiger partial charge is 0.347 e. The van der Waals surface area contributed by atoms with Crippen LogP contribution in [0.1, 0.15) is 26.3 Å². The molecule has 0 heterocycles. The van der Waals surface area contributed by atoms with Crippen LogP contribution in [-0.2, 0) is 9.59 Å². The lowest BCUT2D eigenvalue weighted by Crippen LogP contribution is -3.11. The van der Waals surface area contributed by atoms with Crippen molar-refractivity contribution in [2.24, 2.45) is 0 Å². The maximum atomic E-state index is 12.0.